The van der Waals surface area contributed by atoms with E-state index in [9.17, 15) is 13.2 Å². The highest BCUT2D eigenvalue weighted by molar-refractivity contribution is 5.85. The molecule has 1 aromatic carbocycles. The van der Waals surface area contributed by atoms with Crippen molar-refractivity contribution in [1.82, 2.24) is 4.90 Å². The average Bonchev–Trinajstić information content (AvgIpc) is 2.25. The summed E-state index contributed by atoms with van der Waals surface area (Å²) >= 11 is 0. The first-order chi connectivity index (χ1) is 7.43. The molecule has 0 atom stereocenters. The Morgan fingerprint density at radius 1 is 1.24 bits per heavy atom. The van der Waals surface area contributed by atoms with Crippen LogP contribution in [-0.2, 0) is 12.6 Å². The van der Waals surface area contributed by atoms with Crippen LogP contribution in [0.1, 0.15) is 18.1 Å². The molecule has 0 saturated carbocycles. The molecule has 5 heteroatoms. The molecule has 0 saturated heterocycles. The zero-order valence-electron chi connectivity index (χ0n) is 9.92. The Hall–Kier alpha value is -0.740. The molecule has 0 bridgehead atoms. The monoisotopic (exact) mass is 267 g/mol. The first-order valence-corrected chi connectivity index (χ1v) is 5.28. The van der Waals surface area contributed by atoms with E-state index in [-0.39, 0.29) is 12.4 Å². The van der Waals surface area contributed by atoms with E-state index < -0.39 is 11.7 Å². The van der Waals surface area contributed by atoms with Gasteiger partial charge >= 0.3 is 6.18 Å². The first kappa shape index (κ1) is 16.3. The Morgan fingerprint density at radius 2 is 1.88 bits per heavy atom. The van der Waals surface area contributed by atoms with Gasteiger partial charge in [-0.2, -0.15) is 13.2 Å². The predicted octanol–water partition coefficient (Wildman–Crippen LogP) is 3.62. The molecule has 0 N–H and O–H groups in total. The van der Waals surface area contributed by atoms with E-state index in [0.29, 0.717) is 6.42 Å². The second kappa shape index (κ2) is 6.87. The minimum absolute atomic E-state index is 0. The highest BCUT2D eigenvalue weighted by atomic mass is 35.5. The van der Waals surface area contributed by atoms with Crippen LogP contribution < -0.4 is 0 Å². The molecule has 0 aromatic heterocycles. The van der Waals surface area contributed by atoms with Crippen molar-refractivity contribution in [1.29, 1.82) is 0 Å². The quantitative estimate of drug-likeness (QED) is 0.805. The van der Waals surface area contributed by atoms with Crippen molar-refractivity contribution in [3.63, 3.8) is 0 Å². The largest absolute Gasteiger partial charge is 0.416 e. The number of hydrogen-bond donors (Lipinski definition) is 0. The molecular formula is C12H17ClF3N. The second-order valence-electron chi connectivity index (χ2n) is 3.84. The van der Waals surface area contributed by atoms with Gasteiger partial charge in [0.2, 0.25) is 0 Å². The molecule has 0 spiro atoms. The lowest BCUT2D eigenvalue weighted by Gasteiger charge is -2.14. The van der Waals surface area contributed by atoms with E-state index in [1.165, 1.54) is 12.1 Å². The molecule has 0 aliphatic carbocycles. The van der Waals surface area contributed by atoms with Crippen LogP contribution in [0.4, 0.5) is 13.2 Å². The highest BCUT2D eigenvalue weighted by Gasteiger charge is 2.30. The third-order valence-corrected chi connectivity index (χ3v) is 2.58. The lowest BCUT2D eigenvalue weighted by molar-refractivity contribution is -0.137. The van der Waals surface area contributed by atoms with Crippen molar-refractivity contribution >= 4 is 12.4 Å². The number of likely N-dealkylation sites (N-methyl/N-ethyl adjacent to an activating group) is 1. The summed E-state index contributed by atoms with van der Waals surface area (Å²) in [5, 5.41) is 0. The van der Waals surface area contributed by atoms with Gasteiger partial charge in [-0.25, -0.2) is 0 Å². The van der Waals surface area contributed by atoms with Crippen LogP contribution in [0.15, 0.2) is 24.3 Å². The van der Waals surface area contributed by atoms with Crippen LogP contribution in [0.25, 0.3) is 0 Å². The fourth-order valence-corrected chi connectivity index (χ4v) is 1.38. The minimum Gasteiger partial charge on any atom is -0.306 e. The molecule has 0 unspecified atom stereocenters. The van der Waals surface area contributed by atoms with Crippen LogP contribution >= 0.6 is 12.4 Å². The van der Waals surface area contributed by atoms with Crippen molar-refractivity contribution in [3.8, 4) is 0 Å². The molecule has 17 heavy (non-hydrogen) atoms. The highest BCUT2D eigenvalue weighted by Crippen LogP contribution is 2.29. The molecule has 1 rings (SSSR count). The van der Waals surface area contributed by atoms with Gasteiger partial charge in [0.15, 0.2) is 0 Å². The van der Waals surface area contributed by atoms with Gasteiger partial charge in [-0.3, -0.25) is 0 Å². The van der Waals surface area contributed by atoms with E-state index in [1.807, 2.05) is 14.0 Å². The molecule has 0 aliphatic rings. The molecule has 0 fully saturated rings. The van der Waals surface area contributed by atoms with E-state index >= 15 is 0 Å². The number of nitrogens with zero attached hydrogens (tertiary/aromatic N) is 1. The molecule has 1 aromatic rings. The topological polar surface area (TPSA) is 3.24 Å². The van der Waals surface area contributed by atoms with Gasteiger partial charge in [0.05, 0.1) is 5.56 Å². The van der Waals surface area contributed by atoms with Crippen LogP contribution in [0.5, 0.6) is 0 Å². The summed E-state index contributed by atoms with van der Waals surface area (Å²) in [7, 11) is 1.95. The normalized spacial score (nSPS) is 11.4. The van der Waals surface area contributed by atoms with Crippen molar-refractivity contribution < 1.29 is 13.2 Å². The first-order valence-electron chi connectivity index (χ1n) is 5.28. The Labute approximate surface area is 106 Å². The molecule has 0 aliphatic heterocycles. The Morgan fingerprint density at radius 3 is 2.41 bits per heavy atom. The van der Waals surface area contributed by atoms with Gasteiger partial charge in [0.25, 0.3) is 0 Å². The van der Waals surface area contributed by atoms with Crippen LogP contribution in [-0.4, -0.2) is 25.0 Å². The van der Waals surface area contributed by atoms with Gasteiger partial charge in [-0.05, 0) is 31.6 Å². The molecule has 0 radical (unpaired) electrons. The molecule has 0 amide bonds. The Balaban J connectivity index is 0.00000256. The maximum absolute atomic E-state index is 12.4. The van der Waals surface area contributed by atoms with Crippen molar-refractivity contribution in [2.24, 2.45) is 0 Å². The molecule has 0 heterocycles. The number of benzene rings is 1. The zero-order valence-corrected chi connectivity index (χ0v) is 10.7. The van der Waals surface area contributed by atoms with Crippen LogP contribution in [0.2, 0.25) is 0 Å². The van der Waals surface area contributed by atoms with Gasteiger partial charge in [-0.1, -0.05) is 25.1 Å². The van der Waals surface area contributed by atoms with Crippen molar-refractivity contribution in [3.05, 3.63) is 35.4 Å². The zero-order chi connectivity index (χ0) is 12.2. The van der Waals surface area contributed by atoms with Crippen molar-refractivity contribution in [2.45, 2.75) is 19.5 Å². The standard InChI is InChI=1S/C12H16F3N.ClH/c1-3-16(2)8-7-10-5-4-6-11(9-10)12(13,14)15;/h4-6,9H,3,7-8H2,1-2H3;1H. The number of hydrogen-bond acceptors (Lipinski definition) is 1. The van der Waals surface area contributed by atoms with E-state index in [4.69, 9.17) is 0 Å². The number of halogens is 4. The molecule has 98 valence electrons. The fourth-order valence-electron chi connectivity index (χ4n) is 1.38. The van der Waals surface area contributed by atoms with Gasteiger partial charge in [-0.15, -0.1) is 12.4 Å². The minimum atomic E-state index is -4.24. The number of alkyl halides is 3. The SMILES string of the molecule is CCN(C)CCc1cccc(C(F)(F)F)c1.Cl. The summed E-state index contributed by atoms with van der Waals surface area (Å²) in [6.07, 6.45) is -3.60. The lowest BCUT2D eigenvalue weighted by Crippen LogP contribution is -2.20. The maximum atomic E-state index is 12.4. The third kappa shape index (κ3) is 5.41. The molecule has 1 nitrogen and oxygen atoms in total. The maximum Gasteiger partial charge on any atom is 0.416 e. The van der Waals surface area contributed by atoms with E-state index in [1.54, 1.807) is 6.07 Å². The van der Waals surface area contributed by atoms with Crippen LogP contribution in [0.3, 0.4) is 0 Å². The summed E-state index contributed by atoms with van der Waals surface area (Å²) < 4.78 is 37.3. The fraction of sp³-hybridized carbons (Fsp3) is 0.500. The van der Waals surface area contributed by atoms with Gasteiger partial charge in [0, 0.05) is 6.54 Å². The third-order valence-electron chi connectivity index (χ3n) is 2.58. The van der Waals surface area contributed by atoms with Crippen LogP contribution in [0, 0.1) is 0 Å². The summed E-state index contributed by atoms with van der Waals surface area (Å²) in [6.45, 7) is 3.70. The van der Waals surface area contributed by atoms with Crippen molar-refractivity contribution in [2.75, 3.05) is 20.1 Å². The molecular weight excluding hydrogens is 251 g/mol. The summed E-state index contributed by atoms with van der Waals surface area (Å²) in [5.41, 5.74) is 0.166. The predicted molar refractivity (Wildman–Crippen MR) is 65.6 cm³/mol. The van der Waals surface area contributed by atoms with Gasteiger partial charge in [0.1, 0.15) is 0 Å². The summed E-state index contributed by atoms with van der Waals surface area (Å²) in [4.78, 5) is 2.07. The Kier molecular flexibility index (Phi) is 6.57. The smallest absolute Gasteiger partial charge is 0.306 e. The van der Waals surface area contributed by atoms with E-state index in [2.05, 4.69) is 4.90 Å². The summed E-state index contributed by atoms with van der Waals surface area (Å²) in [6, 6.07) is 5.53. The average molecular weight is 268 g/mol. The Bertz CT molecular complexity index is 339. The lowest BCUT2D eigenvalue weighted by atomic mass is 10.1. The van der Waals surface area contributed by atoms with E-state index in [0.717, 1.165) is 24.7 Å². The number of rotatable bonds is 4. The second-order valence-corrected chi connectivity index (χ2v) is 3.84. The van der Waals surface area contributed by atoms with Gasteiger partial charge < -0.3 is 4.90 Å². The summed E-state index contributed by atoms with van der Waals surface area (Å²) in [5.74, 6) is 0.